The Bertz CT molecular complexity index is 773. The Kier molecular flexibility index (Phi) is 4.99. The topological polar surface area (TPSA) is 54.7 Å². The number of urea groups is 1. The fourth-order valence-electron chi connectivity index (χ4n) is 3.40. The molecule has 0 radical (unpaired) electrons. The zero-order valence-electron chi connectivity index (χ0n) is 15.1. The summed E-state index contributed by atoms with van der Waals surface area (Å²) in [6, 6.07) is 4.01. The average molecular weight is 348 g/mol. The molecule has 5 nitrogen and oxygen atoms in total. The van der Waals surface area contributed by atoms with Gasteiger partial charge < -0.3 is 19.4 Å². The van der Waals surface area contributed by atoms with E-state index >= 15 is 0 Å². The third kappa shape index (κ3) is 3.63. The van der Waals surface area contributed by atoms with E-state index in [2.05, 4.69) is 12.2 Å². The molecule has 0 aliphatic carbocycles. The van der Waals surface area contributed by atoms with Crippen LogP contribution in [0.15, 0.2) is 22.6 Å². The zero-order chi connectivity index (χ0) is 18.1. The highest BCUT2D eigenvalue weighted by Gasteiger charge is 2.29. The fraction of sp³-hybridized carbons (Fsp3) is 0.526. The first-order valence-electron chi connectivity index (χ1n) is 8.78. The number of carbonyl (C=O) groups is 1. The number of nitrogens with zero attached hydrogens (tertiary/aromatic N) is 1. The van der Waals surface area contributed by atoms with Gasteiger partial charge in [-0.05, 0) is 45.4 Å². The van der Waals surface area contributed by atoms with Gasteiger partial charge in [0, 0.05) is 24.0 Å². The molecule has 1 saturated heterocycles. The number of ether oxygens (including phenoxy) is 1. The third-order valence-electron chi connectivity index (χ3n) is 4.74. The molecule has 1 N–H and O–H groups in total. The summed E-state index contributed by atoms with van der Waals surface area (Å²) in [7, 11) is 0. The number of nitrogens with one attached hydrogen (secondary N) is 1. The van der Waals surface area contributed by atoms with Crippen LogP contribution in [0.2, 0.25) is 0 Å². The molecule has 1 aliphatic rings. The van der Waals surface area contributed by atoms with E-state index in [9.17, 15) is 9.18 Å². The number of carbonyl (C=O) groups excluding carboxylic acids is 1. The number of aryl methyl sites for hydroxylation is 1. The van der Waals surface area contributed by atoms with Crippen LogP contribution in [0.25, 0.3) is 11.0 Å². The molecule has 25 heavy (non-hydrogen) atoms. The first kappa shape index (κ1) is 17.7. The lowest BCUT2D eigenvalue weighted by Gasteiger charge is -2.36. The zero-order valence-corrected chi connectivity index (χ0v) is 15.1. The van der Waals surface area contributed by atoms with E-state index in [1.807, 2.05) is 20.8 Å². The van der Waals surface area contributed by atoms with Gasteiger partial charge in [-0.2, -0.15) is 0 Å². The Morgan fingerprint density at radius 1 is 1.44 bits per heavy atom. The van der Waals surface area contributed by atoms with Crippen molar-refractivity contribution < 1.29 is 18.3 Å². The van der Waals surface area contributed by atoms with Crippen molar-refractivity contribution in [1.29, 1.82) is 0 Å². The Hall–Kier alpha value is -2.08. The van der Waals surface area contributed by atoms with Gasteiger partial charge in [0.15, 0.2) is 0 Å². The summed E-state index contributed by atoms with van der Waals surface area (Å²) in [5.41, 5.74) is 1.48. The molecule has 0 saturated carbocycles. The quantitative estimate of drug-likeness (QED) is 0.906. The highest BCUT2D eigenvalue weighted by atomic mass is 19.1. The van der Waals surface area contributed by atoms with Crippen LogP contribution in [0.5, 0.6) is 0 Å². The van der Waals surface area contributed by atoms with Crippen LogP contribution in [0.1, 0.15) is 44.6 Å². The summed E-state index contributed by atoms with van der Waals surface area (Å²) in [4.78, 5) is 14.4. The molecule has 136 valence electrons. The number of halogens is 1. The maximum Gasteiger partial charge on any atom is 0.318 e. The first-order chi connectivity index (χ1) is 11.9. The van der Waals surface area contributed by atoms with Crippen LogP contribution in [0, 0.1) is 12.7 Å². The maximum atomic E-state index is 13.5. The normalized spacial score (nSPS) is 22.2. The number of furan rings is 1. The van der Waals surface area contributed by atoms with Crippen LogP contribution in [-0.2, 0) is 4.74 Å². The summed E-state index contributed by atoms with van der Waals surface area (Å²) in [6.07, 6.45) is 0.967. The van der Waals surface area contributed by atoms with Crippen molar-refractivity contribution in [3.63, 3.8) is 0 Å². The second kappa shape index (κ2) is 7.04. The highest BCUT2D eigenvalue weighted by molar-refractivity contribution is 5.82. The number of rotatable bonds is 3. The molecule has 3 unspecified atom stereocenters. The van der Waals surface area contributed by atoms with Crippen molar-refractivity contribution in [2.45, 2.75) is 52.4 Å². The molecule has 0 bridgehead atoms. The third-order valence-corrected chi connectivity index (χ3v) is 4.74. The molecule has 2 heterocycles. The lowest BCUT2D eigenvalue weighted by molar-refractivity contribution is -0.0648. The monoisotopic (exact) mass is 348 g/mol. The first-order valence-corrected chi connectivity index (χ1v) is 8.78. The predicted molar refractivity (Wildman–Crippen MR) is 94.1 cm³/mol. The van der Waals surface area contributed by atoms with Crippen molar-refractivity contribution in [3.05, 3.63) is 35.3 Å². The van der Waals surface area contributed by atoms with E-state index in [4.69, 9.17) is 9.15 Å². The minimum absolute atomic E-state index is 0.0238. The van der Waals surface area contributed by atoms with E-state index in [1.165, 1.54) is 12.1 Å². The molecule has 3 atom stereocenters. The van der Waals surface area contributed by atoms with Crippen LogP contribution < -0.4 is 5.32 Å². The van der Waals surface area contributed by atoms with Gasteiger partial charge in [0.25, 0.3) is 0 Å². The van der Waals surface area contributed by atoms with Crippen molar-refractivity contribution in [2.24, 2.45) is 0 Å². The second-order valence-electron chi connectivity index (χ2n) is 6.78. The van der Waals surface area contributed by atoms with E-state index < -0.39 is 0 Å². The molecule has 1 aliphatic heterocycles. The fourth-order valence-corrected chi connectivity index (χ4v) is 3.40. The summed E-state index contributed by atoms with van der Waals surface area (Å²) in [5, 5.41) is 3.73. The standard InChI is InChI=1S/C19H25FN2O3/c1-5-15-10-22(9-11(2)24-15)19(23)21-13(4)18-12(3)16-8-14(20)6-7-17(16)25-18/h6-8,11,13,15H,5,9-10H2,1-4H3,(H,21,23). The van der Waals surface area contributed by atoms with Gasteiger partial charge in [0.05, 0.1) is 18.2 Å². The van der Waals surface area contributed by atoms with Gasteiger partial charge in [0.2, 0.25) is 0 Å². The summed E-state index contributed by atoms with van der Waals surface area (Å²) in [6.45, 7) is 8.94. The summed E-state index contributed by atoms with van der Waals surface area (Å²) >= 11 is 0. The predicted octanol–water partition coefficient (Wildman–Crippen LogP) is 4.15. The summed E-state index contributed by atoms with van der Waals surface area (Å²) < 4.78 is 25.1. The molecule has 6 heteroatoms. The molecule has 1 aromatic carbocycles. The Morgan fingerprint density at radius 2 is 2.20 bits per heavy atom. The van der Waals surface area contributed by atoms with Crippen molar-refractivity contribution in [1.82, 2.24) is 10.2 Å². The van der Waals surface area contributed by atoms with Crippen molar-refractivity contribution in [2.75, 3.05) is 13.1 Å². The van der Waals surface area contributed by atoms with Crippen LogP contribution in [0.3, 0.4) is 0 Å². The lowest BCUT2D eigenvalue weighted by atomic mass is 10.1. The minimum atomic E-state index is -0.304. The smallest absolute Gasteiger partial charge is 0.318 e. The van der Waals surface area contributed by atoms with E-state index in [1.54, 1.807) is 11.0 Å². The van der Waals surface area contributed by atoms with Crippen molar-refractivity contribution >= 4 is 17.0 Å². The second-order valence-corrected chi connectivity index (χ2v) is 6.78. The number of hydrogen-bond acceptors (Lipinski definition) is 3. The maximum absolute atomic E-state index is 13.5. The summed E-state index contributed by atoms with van der Waals surface area (Å²) in [5.74, 6) is 0.356. The van der Waals surface area contributed by atoms with E-state index in [0.29, 0.717) is 24.4 Å². The van der Waals surface area contributed by atoms with Gasteiger partial charge >= 0.3 is 6.03 Å². The molecule has 1 fully saturated rings. The molecule has 3 rings (SSSR count). The molecule has 0 spiro atoms. The Balaban J connectivity index is 1.74. The number of fused-ring (bicyclic) bond motifs is 1. The van der Waals surface area contributed by atoms with Crippen LogP contribution in [-0.4, -0.2) is 36.2 Å². The van der Waals surface area contributed by atoms with Gasteiger partial charge in [-0.15, -0.1) is 0 Å². The molecular formula is C19H25FN2O3. The van der Waals surface area contributed by atoms with Gasteiger partial charge in [-0.3, -0.25) is 0 Å². The van der Waals surface area contributed by atoms with Crippen molar-refractivity contribution in [3.8, 4) is 0 Å². The van der Waals surface area contributed by atoms with Crippen LogP contribution in [0.4, 0.5) is 9.18 Å². The lowest BCUT2D eigenvalue weighted by Crippen LogP contribution is -2.52. The molecular weight excluding hydrogens is 323 g/mol. The molecule has 2 amide bonds. The molecule has 2 aromatic rings. The Labute approximate surface area is 147 Å². The number of hydrogen-bond donors (Lipinski definition) is 1. The molecule has 1 aromatic heterocycles. The SMILES string of the molecule is CCC1CN(C(=O)NC(C)c2oc3ccc(F)cc3c2C)CC(C)O1. The van der Waals surface area contributed by atoms with E-state index in [0.717, 1.165) is 17.4 Å². The number of morpholine rings is 1. The highest BCUT2D eigenvalue weighted by Crippen LogP contribution is 2.30. The number of amides is 2. The van der Waals surface area contributed by atoms with E-state index in [-0.39, 0.29) is 30.1 Å². The number of benzene rings is 1. The van der Waals surface area contributed by atoms with Crippen LogP contribution >= 0.6 is 0 Å². The van der Waals surface area contributed by atoms with Gasteiger partial charge in [-0.1, -0.05) is 6.92 Å². The minimum Gasteiger partial charge on any atom is -0.459 e. The Morgan fingerprint density at radius 3 is 2.92 bits per heavy atom. The average Bonchev–Trinajstić information content (AvgIpc) is 2.90. The largest absolute Gasteiger partial charge is 0.459 e. The van der Waals surface area contributed by atoms with Gasteiger partial charge in [0.1, 0.15) is 17.2 Å². The van der Waals surface area contributed by atoms with Gasteiger partial charge in [-0.25, -0.2) is 9.18 Å².